The highest BCUT2D eigenvalue weighted by molar-refractivity contribution is 5.84. The monoisotopic (exact) mass is 290 g/mol. The number of nitrogens with zero attached hydrogens (tertiary/aromatic N) is 1. The van der Waals surface area contributed by atoms with Crippen LogP contribution in [-0.2, 0) is 4.79 Å². The van der Waals surface area contributed by atoms with Gasteiger partial charge in [0.1, 0.15) is 12.0 Å². The highest BCUT2D eigenvalue weighted by Gasteiger charge is 2.38. The van der Waals surface area contributed by atoms with Gasteiger partial charge in [0.25, 0.3) is 0 Å². The van der Waals surface area contributed by atoms with Crippen LogP contribution in [0.5, 0.6) is 0 Å². The Labute approximate surface area is 125 Å². The van der Waals surface area contributed by atoms with Gasteiger partial charge in [-0.05, 0) is 36.5 Å². The summed E-state index contributed by atoms with van der Waals surface area (Å²) >= 11 is 0. The second kappa shape index (κ2) is 6.14. The van der Waals surface area contributed by atoms with Crippen LogP contribution in [-0.4, -0.2) is 23.4 Å². The lowest BCUT2D eigenvalue weighted by Crippen LogP contribution is -2.33. The Morgan fingerprint density at radius 3 is 2.57 bits per heavy atom. The van der Waals surface area contributed by atoms with Crippen LogP contribution in [0.1, 0.15) is 50.8 Å². The van der Waals surface area contributed by atoms with Gasteiger partial charge in [0.15, 0.2) is 0 Å². The van der Waals surface area contributed by atoms with Gasteiger partial charge >= 0.3 is 0 Å². The highest BCUT2D eigenvalue weighted by atomic mass is 19.1. The summed E-state index contributed by atoms with van der Waals surface area (Å²) in [6.45, 7) is 2.82. The van der Waals surface area contributed by atoms with Crippen molar-refractivity contribution in [1.82, 2.24) is 10.2 Å². The molecule has 0 aromatic heterocycles. The molecule has 2 atom stereocenters. The molecule has 1 aromatic carbocycles. The molecule has 3 rings (SSSR count). The van der Waals surface area contributed by atoms with Gasteiger partial charge in [0.2, 0.25) is 5.91 Å². The van der Waals surface area contributed by atoms with Crippen LogP contribution in [0.15, 0.2) is 24.3 Å². The Bertz CT molecular complexity index is 498. The third-order valence-corrected chi connectivity index (χ3v) is 4.85. The molecule has 0 bridgehead atoms. The maximum atomic E-state index is 13.1. The average molecular weight is 290 g/mol. The molecule has 1 heterocycles. The van der Waals surface area contributed by atoms with Crippen molar-refractivity contribution in [2.24, 2.45) is 5.92 Å². The van der Waals surface area contributed by atoms with E-state index in [0.29, 0.717) is 0 Å². The highest BCUT2D eigenvalue weighted by Crippen LogP contribution is 2.32. The van der Waals surface area contributed by atoms with Crippen molar-refractivity contribution in [3.8, 4) is 0 Å². The normalized spacial score (nSPS) is 26.2. The number of hydrogen-bond donors (Lipinski definition) is 1. The molecule has 1 aliphatic heterocycles. The zero-order valence-corrected chi connectivity index (χ0v) is 12.5. The predicted octanol–water partition coefficient (Wildman–Crippen LogP) is 3.22. The Hall–Kier alpha value is -1.42. The minimum absolute atomic E-state index is 0.108. The maximum absolute atomic E-state index is 13.1. The molecule has 0 spiro atoms. The molecule has 21 heavy (non-hydrogen) atoms. The second-order valence-corrected chi connectivity index (χ2v) is 6.20. The first-order valence-electron chi connectivity index (χ1n) is 8.01. The Kier molecular flexibility index (Phi) is 4.24. The van der Waals surface area contributed by atoms with Crippen molar-refractivity contribution < 1.29 is 9.18 Å². The molecule has 1 saturated heterocycles. The van der Waals surface area contributed by atoms with Crippen LogP contribution in [0.2, 0.25) is 0 Å². The number of carbonyl (C=O) groups is 1. The summed E-state index contributed by atoms with van der Waals surface area (Å²) in [4.78, 5) is 14.4. The van der Waals surface area contributed by atoms with Gasteiger partial charge in [-0.3, -0.25) is 10.1 Å². The first kappa shape index (κ1) is 14.5. The standard InChI is InChI=1S/C17H23FN2O/c1-2-15-17(21)20(11-10-12-4-3-5-12)16(19-15)13-6-8-14(18)9-7-13/h6-9,12,15-16,19H,2-5,10-11H2,1H3. The number of rotatable bonds is 5. The van der Waals surface area contributed by atoms with Crippen LogP contribution in [0.3, 0.4) is 0 Å². The van der Waals surface area contributed by atoms with Crippen LogP contribution < -0.4 is 5.32 Å². The van der Waals surface area contributed by atoms with Crippen LogP contribution in [0, 0.1) is 11.7 Å². The summed E-state index contributed by atoms with van der Waals surface area (Å²) in [6, 6.07) is 6.36. The van der Waals surface area contributed by atoms with E-state index in [0.717, 1.165) is 30.9 Å². The zero-order chi connectivity index (χ0) is 14.8. The molecule has 3 nitrogen and oxygen atoms in total. The summed E-state index contributed by atoms with van der Waals surface area (Å²) in [5, 5.41) is 3.39. The van der Waals surface area contributed by atoms with E-state index in [1.165, 1.54) is 31.4 Å². The van der Waals surface area contributed by atoms with E-state index in [9.17, 15) is 9.18 Å². The fourth-order valence-corrected chi connectivity index (χ4v) is 3.24. The van der Waals surface area contributed by atoms with Crippen LogP contribution in [0.25, 0.3) is 0 Å². The van der Waals surface area contributed by atoms with E-state index in [-0.39, 0.29) is 23.9 Å². The lowest BCUT2D eigenvalue weighted by atomic mass is 9.83. The quantitative estimate of drug-likeness (QED) is 0.903. The molecule has 1 N–H and O–H groups in total. The first-order valence-corrected chi connectivity index (χ1v) is 8.01. The van der Waals surface area contributed by atoms with Gasteiger partial charge in [0, 0.05) is 6.54 Å². The number of halogens is 1. The lowest BCUT2D eigenvalue weighted by Gasteiger charge is -2.30. The van der Waals surface area contributed by atoms with Gasteiger partial charge in [-0.15, -0.1) is 0 Å². The molecule has 1 amide bonds. The number of amides is 1. The molecule has 1 saturated carbocycles. The van der Waals surface area contributed by atoms with Crippen LogP contribution in [0.4, 0.5) is 4.39 Å². The fraction of sp³-hybridized carbons (Fsp3) is 0.588. The number of carbonyl (C=O) groups excluding carboxylic acids is 1. The molecule has 1 aliphatic carbocycles. The summed E-state index contributed by atoms with van der Waals surface area (Å²) < 4.78 is 13.1. The molecule has 2 unspecified atom stereocenters. The minimum atomic E-state index is -0.240. The summed E-state index contributed by atoms with van der Waals surface area (Å²) in [6.07, 6.45) is 5.69. The van der Waals surface area contributed by atoms with E-state index in [1.807, 2.05) is 11.8 Å². The van der Waals surface area contributed by atoms with Gasteiger partial charge in [-0.2, -0.15) is 0 Å². The van der Waals surface area contributed by atoms with Gasteiger partial charge < -0.3 is 4.90 Å². The third-order valence-electron chi connectivity index (χ3n) is 4.85. The van der Waals surface area contributed by atoms with E-state index in [4.69, 9.17) is 0 Å². The Morgan fingerprint density at radius 2 is 2.00 bits per heavy atom. The molecule has 1 aromatic rings. The molecular weight excluding hydrogens is 267 g/mol. The minimum Gasteiger partial charge on any atom is -0.322 e. The largest absolute Gasteiger partial charge is 0.322 e. The predicted molar refractivity (Wildman–Crippen MR) is 80.0 cm³/mol. The number of nitrogens with one attached hydrogen (secondary N) is 1. The van der Waals surface area contributed by atoms with Crippen molar-refractivity contribution in [3.63, 3.8) is 0 Å². The summed E-state index contributed by atoms with van der Waals surface area (Å²) in [5.74, 6) is 0.731. The van der Waals surface area contributed by atoms with Gasteiger partial charge in [-0.25, -0.2) is 4.39 Å². The summed E-state index contributed by atoms with van der Waals surface area (Å²) in [7, 11) is 0. The van der Waals surface area contributed by atoms with E-state index >= 15 is 0 Å². The molecule has 4 heteroatoms. The van der Waals surface area contributed by atoms with Gasteiger partial charge in [0.05, 0.1) is 6.04 Å². The maximum Gasteiger partial charge on any atom is 0.241 e. The van der Waals surface area contributed by atoms with Crippen molar-refractivity contribution >= 4 is 5.91 Å². The SMILES string of the molecule is CCC1NC(c2ccc(F)cc2)N(CCC2CCC2)C1=O. The van der Waals surface area contributed by atoms with Crippen molar-refractivity contribution in [2.45, 2.75) is 51.2 Å². The van der Waals surface area contributed by atoms with Crippen LogP contribution >= 0.6 is 0 Å². The van der Waals surface area contributed by atoms with Gasteiger partial charge in [-0.1, -0.05) is 38.3 Å². The lowest BCUT2D eigenvalue weighted by molar-refractivity contribution is -0.130. The van der Waals surface area contributed by atoms with Crippen molar-refractivity contribution in [3.05, 3.63) is 35.6 Å². The third kappa shape index (κ3) is 2.95. The van der Waals surface area contributed by atoms with Crippen molar-refractivity contribution in [1.29, 1.82) is 0 Å². The fourth-order valence-electron chi connectivity index (χ4n) is 3.24. The van der Waals surface area contributed by atoms with E-state index in [2.05, 4.69) is 5.32 Å². The molecule has 2 fully saturated rings. The first-order chi connectivity index (χ1) is 10.2. The summed E-state index contributed by atoms with van der Waals surface area (Å²) in [5.41, 5.74) is 0.967. The molecule has 2 aliphatic rings. The smallest absolute Gasteiger partial charge is 0.241 e. The molecule has 0 radical (unpaired) electrons. The van der Waals surface area contributed by atoms with Crippen molar-refractivity contribution in [2.75, 3.05) is 6.54 Å². The second-order valence-electron chi connectivity index (χ2n) is 6.20. The Morgan fingerprint density at radius 1 is 1.29 bits per heavy atom. The number of hydrogen-bond acceptors (Lipinski definition) is 2. The zero-order valence-electron chi connectivity index (χ0n) is 12.5. The van der Waals surface area contributed by atoms with E-state index in [1.54, 1.807) is 12.1 Å². The average Bonchev–Trinajstić information content (AvgIpc) is 2.75. The number of benzene rings is 1. The molecular formula is C17H23FN2O. The van der Waals surface area contributed by atoms with E-state index < -0.39 is 0 Å². The topological polar surface area (TPSA) is 32.3 Å². The molecule has 114 valence electrons. The Balaban J connectivity index is 1.74.